The van der Waals surface area contributed by atoms with E-state index >= 15 is 0 Å². The van der Waals surface area contributed by atoms with Crippen molar-refractivity contribution in [2.45, 2.75) is 27.1 Å². The maximum absolute atomic E-state index is 5.53. The number of benzene rings is 1. The summed E-state index contributed by atoms with van der Waals surface area (Å²) in [6.45, 7) is 7.26. The van der Waals surface area contributed by atoms with E-state index < -0.39 is 0 Å². The molecule has 0 radical (unpaired) electrons. The number of hydrogen-bond acceptors (Lipinski definition) is 2. The molecule has 0 aromatic heterocycles. The topological polar surface area (TPSA) is 18.5 Å². The standard InChI is InChI=1S/C14H20O2/c1-4-7-12-8-10-13(11-9-12)14(15-5-2)16-6-3/h4,7-11,14H,5-6H2,1-3H3/b7-4+. The van der Waals surface area contributed by atoms with Crippen LogP contribution in [-0.4, -0.2) is 13.2 Å². The van der Waals surface area contributed by atoms with Gasteiger partial charge in [-0.3, -0.25) is 0 Å². The summed E-state index contributed by atoms with van der Waals surface area (Å²) in [6.07, 6.45) is 3.85. The highest BCUT2D eigenvalue weighted by Gasteiger charge is 2.10. The molecule has 0 aliphatic carbocycles. The van der Waals surface area contributed by atoms with Crippen molar-refractivity contribution >= 4 is 6.08 Å². The van der Waals surface area contributed by atoms with Gasteiger partial charge in [-0.05, 0) is 26.3 Å². The predicted molar refractivity (Wildman–Crippen MR) is 67.1 cm³/mol. The van der Waals surface area contributed by atoms with Crippen LogP contribution in [0.5, 0.6) is 0 Å². The Balaban J connectivity index is 2.76. The van der Waals surface area contributed by atoms with Crippen LogP contribution in [0.25, 0.3) is 6.08 Å². The van der Waals surface area contributed by atoms with Crippen LogP contribution in [0.2, 0.25) is 0 Å². The molecule has 0 aliphatic heterocycles. The fourth-order valence-corrected chi connectivity index (χ4v) is 1.50. The van der Waals surface area contributed by atoms with E-state index in [1.54, 1.807) is 0 Å². The highest BCUT2D eigenvalue weighted by molar-refractivity contribution is 5.49. The van der Waals surface area contributed by atoms with Gasteiger partial charge in [0.05, 0.1) is 0 Å². The molecule has 0 N–H and O–H groups in total. The first-order valence-corrected chi connectivity index (χ1v) is 5.77. The Morgan fingerprint density at radius 1 is 1.06 bits per heavy atom. The minimum Gasteiger partial charge on any atom is -0.349 e. The van der Waals surface area contributed by atoms with Crippen LogP contribution >= 0.6 is 0 Å². The zero-order chi connectivity index (χ0) is 11.8. The summed E-state index contributed by atoms with van der Waals surface area (Å²) in [5.41, 5.74) is 2.26. The smallest absolute Gasteiger partial charge is 0.183 e. The lowest BCUT2D eigenvalue weighted by Gasteiger charge is -2.17. The summed E-state index contributed by atoms with van der Waals surface area (Å²) in [7, 11) is 0. The van der Waals surface area contributed by atoms with E-state index in [0.29, 0.717) is 13.2 Å². The van der Waals surface area contributed by atoms with Crippen LogP contribution in [0.4, 0.5) is 0 Å². The van der Waals surface area contributed by atoms with E-state index in [2.05, 4.69) is 18.2 Å². The largest absolute Gasteiger partial charge is 0.349 e. The maximum Gasteiger partial charge on any atom is 0.183 e. The van der Waals surface area contributed by atoms with Crippen molar-refractivity contribution in [3.63, 3.8) is 0 Å². The molecule has 1 rings (SSSR count). The quantitative estimate of drug-likeness (QED) is 0.679. The van der Waals surface area contributed by atoms with Gasteiger partial charge in [0, 0.05) is 18.8 Å². The Morgan fingerprint density at radius 2 is 1.62 bits per heavy atom. The van der Waals surface area contributed by atoms with Gasteiger partial charge in [0.2, 0.25) is 0 Å². The summed E-state index contributed by atoms with van der Waals surface area (Å²) >= 11 is 0. The third kappa shape index (κ3) is 3.80. The Bertz CT molecular complexity index is 308. The van der Waals surface area contributed by atoms with Crippen molar-refractivity contribution in [2.24, 2.45) is 0 Å². The lowest BCUT2D eigenvalue weighted by molar-refractivity contribution is -0.140. The number of allylic oxidation sites excluding steroid dienone is 1. The highest BCUT2D eigenvalue weighted by Crippen LogP contribution is 2.19. The fraction of sp³-hybridized carbons (Fsp3) is 0.429. The van der Waals surface area contributed by atoms with E-state index in [0.717, 1.165) is 5.56 Å². The van der Waals surface area contributed by atoms with Crippen molar-refractivity contribution in [3.05, 3.63) is 41.5 Å². The van der Waals surface area contributed by atoms with Crippen LogP contribution < -0.4 is 0 Å². The first-order chi connectivity index (χ1) is 7.81. The second-order valence-corrected chi connectivity index (χ2v) is 3.41. The third-order valence-corrected chi connectivity index (χ3v) is 2.20. The van der Waals surface area contributed by atoms with Gasteiger partial charge in [0.1, 0.15) is 0 Å². The molecule has 0 amide bonds. The van der Waals surface area contributed by atoms with E-state index in [1.165, 1.54) is 5.56 Å². The summed E-state index contributed by atoms with van der Waals surface area (Å²) in [5.74, 6) is 0. The average molecular weight is 220 g/mol. The molecule has 0 atom stereocenters. The molecule has 2 nitrogen and oxygen atoms in total. The van der Waals surface area contributed by atoms with Gasteiger partial charge in [0.25, 0.3) is 0 Å². The first kappa shape index (κ1) is 12.9. The summed E-state index contributed by atoms with van der Waals surface area (Å²) in [4.78, 5) is 0. The average Bonchev–Trinajstić information content (AvgIpc) is 2.30. The Labute approximate surface area is 97.9 Å². The zero-order valence-corrected chi connectivity index (χ0v) is 10.3. The van der Waals surface area contributed by atoms with E-state index in [9.17, 15) is 0 Å². The van der Waals surface area contributed by atoms with Crippen molar-refractivity contribution < 1.29 is 9.47 Å². The summed E-state index contributed by atoms with van der Waals surface area (Å²) < 4.78 is 11.1. The lowest BCUT2D eigenvalue weighted by atomic mass is 10.1. The van der Waals surface area contributed by atoms with E-state index in [1.807, 2.05) is 39.0 Å². The van der Waals surface area contributed by atoms with Crippen LogP contribution in [0.3, 0.4) is 0 Å². The number of hydrogen-bond donors (Lipinski definition) is 0. The third-order valence-electron chi connectivity index (χ3n) is 2.20. The van der Waals surface area contributed by atoms with Crippen LogP contribution in [0.15, 0.2) is 30.3 Å². The van der Waals surface area contributed by atoms with Gasteiger partial charge >= 0.3 is 0 Å². The van der Waals surface area contributed by atoms with Gasteiger partial charge in [-0.15, -0.1) is 0 Å². The van der Waals surface area contributed by atoms with Gasteiger partial charge in [-0.25, -0.2) is 0 Å². The molecule has 2 heteroatoms. The Hall–Kier alpha value is -1.12. The minimum atomic E-state index is -0.241. The molecule has 0 saturated heterocycles. The van der Waals surface area contributed by atoms with Crippen LogP contribution in [-0.2, 0) is 9.47 Å². The minimum absolute atomic E-state index is 0.241. The first-order valence-electron chi connectivity index (χ1n) is 5.77. The summed E-state index contributed by atoms with van der Waals surface area (Å²) in [5, 5.41) is 0. The second-order valence-electron chi connectivity index (χ2n) is 3.41. The molecule has 16 heavy (non-hydrogen) atoms. The van der Waals surface area contributed by atoms with Gasteiger partial charge in [0.15, 0.2) is 6.29 Å². The van der Waals surface area contributed by atoms with E-state index in [4.69, 9.17) is 9.47 Å². The van der Waals surface area contributed by atoms with Gasteiger partial charge in [-0.2, -0.15) is 0 Å². The molecule has 0 heterocycles. The monoisotopic (exact) mass is 220 g/mol. The van der Waals surface area contributed by atoms with Crippen LogP contribution in [0, 0.1) is 0 Å². The normalized spacial score (nSPS) is 11.5. The van der Waals surface area contributed by atoms with Crippen molar-refractivity contribution in [2.75, 3.05) is 13.2 Å². The van der Waals surface area contributed by atoms with Crippen molar-refractivity contribution in [3.8, 4) is 0 Å². The molecule has 88 valence electrons. The van der Waals surface area contributed by atoms with E-state index in [-0.39, 0.29) is 6.29 Å². The lowest BCUT2D eigenvalue weighted by Crippen LogP contribution is -2.08. The fourth-order valence-electron chi connectivity index (χ4n) is 1.50. The molecule has 0 saturated carbocycles. The molecule has 0 unspecified atom stereocenters. The molecular formula is C14H20O2. The van der Waals surface area contributed by atoms with Crippen molar-refractivity contribution in [1.82, 2.24) is 0 Å². The Morgan fingerprint density at radius 3 is 2.06 bits per heavy atom. The second kappa shape index (κ2) is 7.20. The van der Waals surface area contributed by atoms with Crippen LogP contribution in [0.1, 0.15) is 38.2 Å². The Kier molecular flexibility index (Phi) is 5.83. The summed E-state index contributed by atoms with van der Waals surface area (Å²) in [6, 6.07) is 8.23. The molecular weight excluding hydrogens is 200 g/mol. The molecule has 1 aromatic rings. The molecule has 0 aliphatic rings. The predicted octanol–water partition coefficient (Wildman–Crippen LogP) is 3.79. The highest BCUT2D eigenvalue weighted by atomic mass is 16.7. The van der Waals surface area contributed by atoms with Gasteiger partial charge < -0.3 is 9.47 Å². The SMILES string of the molecule is C/C=C/c1ccc(C(OCC)OCC)cc1. The molecule has 0 bridgehead atoms. The number of rotatable bonds is 6. The van der Waals surface area contributed by atoms with Gasteiger partial charge in [-0.1, -0.05) is 36.4 Å². The molecule has 0 fully saturated rings. The number of ether oxygens (including phenoxy) is 2. The maximum atomic E-state index is 5.53. The molecule has 1 aromatic carbocycles. The van der Waals surface area contributed by atoms with Crippen molar-refractivity contribution in [1.29, 1.82) is 0 Å². The zero-order valence-electron chi connectivity index (χ0n) is 10.3. The molecule has 0 spiro atoms.